The second kappa shape index (κ2) is 8.75. The standard InChI is InChI=1S/C22H28N6O3S2/c1-3-4-5-6-18-25-26-22(32-18)24-21(29)16-11-17(14-7-8-14)23-20-19(16)13(2)27-28(20)15-9-10-33(30,31)12-15/h11,14-15H,3-10,12H2,1-2H3,(H,24,26,29). The third-order valence-electron chi connectivity index (χ3n) is 6.33. The summed E-state index contributed by atoms with van der Waals surface area (Å²) < 4.78 is 25.9. The van der Waals surface area contributed by atoms with Gasteiger partial charge in [0.15, 0.2) is 15.5 Å². The molecule has 11 heteroatoms. The highest BCUT2D eigenvalue weighted by Gasteiger charge is 2.34. The van der Waals surface area contributed by atoms with Gasteiger partial charge in [0, 0.05) is 18.0 Å². The molecule has 1 aliphatic carbocycles. The Morgan fingerprint density at radius 2 is 2.06 bits per heavy atom. The lowest BCUT2D eigenvalue weighted by Crippen LogP contribution is -2.15. The predicted molar refractivity (Wildman–Crippen MR) is 128 cm³/mol. The van der Waals surface area contributed by atoms with E-state index in [1.807, 2.05) is 13.0 Å². The molecule has 0 aromatic carbocycles. The molecule has 176 valence electrons. The zero-order valence-electron chi connectivity index (χ0n) is 18.9. The Labute approximate surface area is 196 Å². The first kappa shape index (κ1) is 22.4. The number of fused-ring (bicyclic) bond motifs is 1. The van der Waals surface area contributed by atoms with E-state index in [4.69, 9.17) is 4.98 Å². The van der Waals surface area contributed by atoms with Crippen molar-refractivity contribution in [3.8, 4) is 0 Å². The molecule has 0 bridgehead atoms. The van der Waals surface area contributed by atoms with E-state index in [2.05, 4.69) is 27.5 Å². The van der Waals surface area contributed by atoms with Gasteiger partial charge in [-0.1, -0.05) is 31.1 Å². The number of nitrogens with zero attached hydrogens (tertiary/aromatic N) is 5. The molecule has 1 saturated heterocycles. The fourth-order valence-electron chi connectivity index (χ4n) is 4.42. The van der Waals surface area contributed by atoms with Gasteiger partial charge in [0.1, 0.15) is 5.01 Å². The lowest BCUT2D eigenvalue weighted by atomic mass is 10.1. The number of amides is 1. The highest BCUT2D eigenvalue weighted by Crippen LogP contribution is 2.41. The summed E-state index contributed by atoms with van der Waals surface area (Å²) in [5.74, 6) is 0.294. The van der Waals surface area contributed by atoms with Crippen LogP contribution in [-0.4, -0.2) is 50.8 Å². The van der Waals surface area contributed by atoms with Crippen molar-refractivity contribution in [2.45, 2.75) is 70.8 Å². The normalized spacial score (nSPS) is 19.9. The fourth-order valence-corrected chi connectivity index (χ4v) is 6.89. The van der Waals surface area contributed by atoms with Crippen LogP contribution in [0.3, 0.4) is 0 Å². The van der Waals surface area contributed by atoms with Gasteiger partial charge in [-0.15, -0.1) is 10.2 Å². The summed E-state index contributed by atoms with van der Waals surface area (Å²) in [5.41, 5.74) is 2.65. The van der Waals surface area contributed by atoms with Crippen molar-refractivity contribution in [1.82, 2.24) is 25.0 Å². The fraction of sp³-hybridized carbons (Fsp3) is 0.591. The molecule has 3 aromatic rings. The summed E-state index contributed by atoms with van der Waals surface area (Å²) in [6.45, 7) is 4.00. The number of aryl methyl sites for hydroxylation is 2. The smallest absolute Gasteiger partial charge is 0.258 e. The first-order valence-corrected chi connectivity index (χ1v) is 14.2. The first-order valence-electron chi connectivity index (χ1n) is 11.6. The Morgan fingerprint density at radius 3 is 2.76 bits per heavy atom. The van der Waals surface area contributed by atoms with E-state index in [9.17, 15) is 13.2 Å². The molecule has 3 aromatic heterocycles. The van der Waals surface area contributed by atoms with E-state index in [1.165, 1.54) is 11.3 Å². The number of sulfone groups is 1. The molecule has 0 radical (unpaired) electrons. The lowest BCUT2D eigenvalue weighted by Gasteiger charge is -2.11. The van der Waals surface area contributed by atoms with Gasteiger partial charge >= 0.3 is 0 Å². The SMILES string of the molecule is CCCCCc1nnc(NC(=O)c2cc(C3CC3)nc3c2c(C)nn3C2CCS(=O)(=O)C2)s1. The van der Waals surface area contributed by atoms with Gasteiger partial charge in [0.05, 0.1) is 34.2 Å². The number of aromatic nitrogens is 5. The van der Waals surface area contributed by atoms with Crippen molar-refractivity contribution in [3.05, 3.63) is 28.0 Å². The molecule has 1 aliphatic heterocycles. The van der Waals surface area contributed by atoms with Gasteiger partial charge < -0.3 is 0 Å². The van der Waals surface area contributed by atoms with Crippen LogP contribution in [0.4, 0.5) is 5.13 Å². The van der Waals surface area contributed by atoms with Crippen molar-refractivity contribution < 1.29 is 13.2 Å². The Kier molecular flexibility index (Phi) is 5.94. The van der Waals surface area contributed by atoms with Gasteiger partial charge in [-0.3, -0.25) is 10.1 Å². The third kappa shape index (κ3) is 4.65. The zero-order chi connectivity index (χ0) is 23.2. The van der Waals surface area contributed by atoms with Gasteiger partial charge in [-0.25, -0.2) is 18.1 Å². The zero-order valence-corrected chi connectivity index (χ0v) is 20.5. The van der Waals surface area contributed by atoms with Crippen molar-refractivity contribution in [2.75, 3.05) is 16.8 Å². The van der Waals surface area contributed by atoms with E-state index in [1.54, 1.807) is 4.68 Å². The number of pyridine rings is 1. The average molecular weight is 489 g/mol. The van der Waals surface area contributed by atoms with E-state index >= 15 is 0 Å². The van der Waals surface area contributed by atoms with E-state index in [0.29, 0.717) is 39.8 Å². The van der Waals surface area contributed by atoms with E-state index in [-0.39, 0.29) is 23.5 Å². The lowest BCUT2D eigenvalue weighted by molar-refractivity contribution is 0.102. The number of unbranched alkanes of at least 4 members (excludes halogenated alkanes) is 2. The maximum atomic E-state index is 13.3. The van der Waals surface area contributed by atoms with Crippen LogP contribution in [0.5, 0.6) is 0 Å². The Hall–Kier alpha value is -2.40. The summed E-state index contributed by atoms with van der Waals surface area (Å²) >= 11 is 1.41. The van der Waals surface area contributed by atoms with Crippen LogP contribution in [-0.2, 0) is 16.3 Å². The van der Waals surface area contributed by atoms with Crippen LogP contribution < -0.4 is 5.32 Å². The molecule has 2 aliphatic rings. The number of rotatable bonds is 8. The van der Waals surface area contributed by atoms with Crippen LogP contribution in [0.15, 0.2) is 6.07 Å². The van der Waals surface area contributed by atoms with Crippen molar-refractivity contribution in [2.24, 2.45) is 0 Å². The molecule has 1 N–H and O–H groups in total. The van der Waals surface area contributed by atoms with Crippen molar-refractivity contribution >= 4 is 43.2 Å². The van der Waals surface area contributed by atoms with Gasteiger partial charge in [-0.05, 0) is 38.7 Å². The molecule has 1 amide bonds. The van der Waals surface area contributed by atoms with Gasteiger partial charge in [0.2, 0.25) is 5.13 Å². The molecular weight excluding hydrogens is 460 g/mol. The predicted octanol–water partition coefficient (Wildman–Crippen LogP) is 3.81. The van der Waals surface area contributed by atoms with Crippen LogP contribution >= 0.6 is 11.3 Å². The molecule has 1 saturated carbocycles. The van der Waals surface area contributed by atoms with Crippen molar-refractivity contribution in [3.63, 3.8) is 0 Å². The summed E-state index contributed by atoms with van der Waals surface area (Å²) in [6, 6.07) is 1.61. The quantitative estimate of drug-likeness (QED) is 0.479. The number of carbonyl (C=O) groups is 1. The Balaban J connectivity index is 1.48. The van der Waals surface area contributed by atoms with Gasteiger partial charge in [0.25, 0.3) is 5.91 Å². The molecule has 1 unspecified atom stereocenters. The minimum absolute atomic E-state index is 0.0612. The van der Waals surface area contributed by atoms with Crippen LogP contribution in [0.2, 0.25) is 0 Å². The second-order valence-corrected chi connectivity index (χ2v) is 12.4. The highest BCUT2D eigenvalue weighted by molar-refractivity contribution is 7.91. The molecule has 2 fully saturated rings. The Morgan fingerprint density at radius 1 is 1.24 bits per heavy atom. The van der Waals surface area contributed by atoms with E-state index < -0.39 is 9.84 Å². The molecule has 0 spiro atoms. The number of hydrogen-bond donors (Lipinski definition) is 1. The van der Waals surface area contributed by atoms with Crippen molar-refractivity contribution in [1.29, 1.82) is 0 Å². The van der Waals surface area contributed by atoms with Crippen LogP contribution in [0.1, 0.15) is 84.2 Å². The number of hydrogen-bond acceptors (Lipinski definition) is 8. The summed E-state index contributed by atoms with van der Waals surface area (Å²) in [5, 5.41) is 18.0. The van der Waals surface area contributed by atoms with E-state index in [0.717, 1.165) is 49.2 Å². The Bertz CT molecular complexity index is 1310. The maximum absolute atomic E-state index is 13.3. The van der Waals surface area contributed by atoms with Crippen LogP contribution in [0, 0.1) is 6.92 Å². The third-order valence-corrected chi connectivity index (χ3v) is 8.98. The molecule has 1 atom stereocenters. The molecule has 5 rings (SSSR count). The molecule has 9 nitrogen and oxygen atoms in total. The molecule has 33 heavy (non-hydrogen) atoms. The summed E-state index contributed by atoms with van der Waals surface area (Å²) in [6.07, 6.45) is 6.81. The average Bonchev–Trinajstić information content (AvgIpc) is 3.32. The second-order valence-electron chi connectivity index (χ2n) is 9.07. The minimum Gasteiger partial charge on any atom is -0.296 e. The summed E-state index contributed by atoms with van der Waals surface area (Å²) in [7, 11) is -3.07. The first-order chi connectivity index (χ1) is 15.8. The number of anilines is 1. The summed E-state index contributed by atoms with van der Waals surface area (Å²) in [4.78, 5) is 18.2. The monoisotopic (exact) mass is 488 g/mol. The molecule has 4 heterocycles. The maximum Gasteiger partial charge on any atom is 0.258 e. The molecular formula is C22H28N6O3S2. The van der Waals surface area contributed by atoms with Crippen LogP contribution in [0.25, 0.3) is 11.0 Å². The largest absolute Gasteiger partial charge is 0.296 e. The number of nitrogens with one attached hydrogen (secondary N) is 1. The van der Waals surface area contributed by atoms with Gasteiger partial charge in [-0.2, -0.15) is 5.10 Å². The minimum atomic E-state index is -3.07. The number of carbonyl (C=O) groups excluding carboxylic acids is 1. The highest BCUT2D eigenvalue weighted by atomic mass is 32.2. The topological polar surface area (TPSA) is 120 Å².